The number of pyridine rings is 1. The van der Waals surface area contributed by atoms with Gasteiger partial charge in [0.25, 0.3) is 5.92 Å². The quantitative estimate of drug-likeness (QED) is 0.852. The van der Waals surface area contributed by atoms with Crippen LogP contribution in [0.1, 0.15) is 41.9 Å². The van der Waals surface area contributed by atoms with E-state index in [0.29, 0.717) is 5.69 Å². The molecule has 0 aromatic carbocycles. The van der Waals surface area contributed by atoms with Gasteiger partial charge in [0.2, 0.25) is 0 Å². The van der Waals surface area contributed by atoms with Crippen LogP contribution in [-0.2, 0) is 0 Å². The zero-order chi connectivity index (χ0) is 14.7. The molecule has 0 bridgehead atoms. The van der Waals surface area contributed by atoms with Gasteiger partial charge in [-0.15, -0.1) is 0 Å². The molecule has 2 aliphatic rings. The minimum Gasteiger partial charge on any atom is -0.488 e. The van der Waals surface area contributed by atoms with Gasteiger partial charge in [0.05, 0.1) is 6.20 Å². The molecule has 0 unspecified atom stereocenters. The highest BCUT2D eigenvalue weighted by Gasteiger charge is 2.49. The Kier molecular flexibility index (Phi) is 2.93. The third-order valence-corrected chi connectivity index (χ3v) is 3.82. The molecule has 1 N–H and O–H groups in total. The van der Waals surface area contributed by atoms with E-state index in [1.807, 2.05) is 0 Å². The molecule has 0 saturated heterocycles. The Labute approximate surface area is 112 Å². The molecule has 0 radical (unpaired) electrons. The van der Waals surface area contributed by atoms with Crippen LogP contribution in [0.5, 0.6) is 5.75 Å². The molecular formula is C13H13F4NO2. The minimum absolute atomic E-state index is 0.0576. The van der Waals surface area contributed by atoms with Crippen molar-refractivity contribution in [2.75, 3.05) is 0 Å². The molecule has 1 fully saturated rings. The van der Waals surface area contributed by atoms with Crippen molar-refractivity contribution in [3.63, 3.8) is 0 Å². The normalized spacial score (nSPS) is 31.8. The summed E-state index contributed by atoms with van der Waals surface area (Å²) in [6.07, 6.45) is -6.15. The molecular weight excluding hydrogens is 278 g/mol. The molecule has 110 valence electrons. The van der Waals surface area contributed by atoms with Gasteiger partial charge in [-0.25, -0.2) is 17.6 Å². The first-order valence-electron chi connectivity index (χ1n) is 6.30. The van der Waals surface area contributed by atoms with Crippen molar-refractivity contribution in [3.8, 4) is 5.75 Å². The van der Waals surface area contributed by atoms with E-state index in [0.717, 1.165) is 0 Å². The van der Waals surface area contributed by atoms with Crippen molar-refractivity contribution in [1.29, 1.82) is 0 Å². The van der Waals surface area contributed by atoms with E-state index >= 15 is 0 Å². The van der Waals surface area contributed by atoms with Crippen LogP contribution in [0.4, 0.5) is 17.6 Å². The second-order valence-corrected chi connectivity index (χ2v) is 5.33. The van der Waals surface area contributed by atoms with Crippen LogP contribution in [-0.4, -0.2) is 28.3 Å². The Morgan fingerprint density at radius 3 is 2.55 bits per heavy atom. The highest BCUT2D eigenvalue weighted by atomic mass is 19.3. The van der Waals surface area contributed by atoms with Gasteiger partial charge in [-0.1, -0.05) is 0 Å². The van der Waals surface area contributed by atoms with E-state index in [1.165, 1.54) is 13.1 Å². The van der Waals surface area contributed by atoms with Crippen molar-refractivity contribution in [1.82, 2.24) is 4.98 Å². The molecule has 1 aromatic heterocycles. The number of fused-ring (bicyclic) bond motifs is 1. The van der Waals surface area contributed by atoms with Gasteiger partial charge in [-0.3, -0.25) is 4.98 Å². The van der Waals surface area contributed by atoms with Crippen molar-refractivity contribution in [2.45, 2.75) is 50.2 Å². The zero-order valence-electron chi connectivity index (χ0n) is 10.6. The van der Waals surface area contributed by atoms with Crippen LogP contribution in [0.2, 0.25) is 0 Å². The van der Waals surface area contributed by atoms with E-state index in [2.05, 4.69) is 4.98 Å². The average Bonchev–Trinajstić information content (AvgIpc) is 2.56. The Hall–Kier alpha value is -1.37. The Bertz CT molecular complexity index is 543. The maximum absolute atomic E-state index is 13.9. The second kappa shape index (κ2) is 4.31. The first kappa shape index (κ1) is 13.6. The summed E-state index contributed by atoms with van der Waals surface area (Å²) >= 11 is 0. The maximum atomic E-state index is 13.9. The summed E-state index contributed by atoms with van der Waals surface area (Å²) in [5.41, 5.74) is 0.267. The fraction of sp³-hybridized carbons (Fsp3) is 0.615. The highest BCUT2D eigenvalue weighted by molar-refractivity contribution is 5.48. The summed E-state index contributed by atoms with van der Waals surface area (Å²) in [7, 11) is 0. The number of aryl methyl sites for hydroxylation is 1. The molecule has 0 amide bonds. The summed E-state index contributed by atoms with van der Waals surface area (Å²) in [6, 6.07) is 0. The summed E-state index contributed by atoms with van der Waals surface area (Å²) in [5.74, 6) is -2.82. The van der Waals surface area contributed by atoms with Gasteiger partial charge in [-0.05, 0) is 6.92 Å². The summed E-state index contributed by atoms with van der Waals surface area (Å²) in [5, 5.41) is 9.68. The summed E-state index contributed by atoms with van der Waals surface area (Å²) in [4.78, 5) is 3.91. The monoisotopic (exact) mass is 291 g/mol. The van der Waals surface area contributed by atoms with Gasteiger partial charge >= 0.3 is 0 Å². The zero-order valence-corrected chi connectivity index (χ0v) is 10.6. The molecule has 3 nitrogen and oxygen atoms in total. The van der Waals surface area contributed by atoms with Crippen LogP contribution < -0.4 is 4.74 Å². The molecule has 1 heterocycles. The van der Waals surface area contributed by atoms with E-state index < -0.39 is 43.3 Å². The first-order chi connectivity index (χ1) is 9.30. The number of hydrogen-bond donors (Lipinski definition) is 1. The number of halogens is 4. The van der Waals surface area contributed by atoms with Crippen LogP contribution in [0, 0.1) is 6.92 Å². The third kappa shape index (κ3) is 1.95. The van der Waals surface area contributed by atoms with Crippen LogP contribution >= 0.6 is 0 Å². The maximum Gasteiger partial charge on any atom is 0.255 e. The predicted octanol–water partition coefficient (Wildman–Crippen LogP) is 2.96. The van der Waals surface area contributed by atoms with E-state index in [4.69, 9.17) is 4.74 Å². The van der Waals surface area contributed by atoms with E-state index in [9.17, 15) is 22.7 Å². The molecule has 0 spiro atoms. The topological polar surface area (TPSA) is 42.4 Å². The predicted molar refractivity (Wildman–Crippen MR) is 61.3 cm³/mol. The van der Waals surface area contributed by atoms with Crippen molar-refractivity contribution in [2.24, 2.45) is 0 Å². The van der Waals surface area contributed by atoms with E-state index in [1.54, 1.807) is 0 Å². The smallest absolute Gasteiger partial charge is 0.255 e. The molecule has 20 heavy (non-hydrogen) atoms. The largest absolute Gasteiger partial charge is 0.488 e. The number of hydrogen-bond acceptors (Lipinski definition) is 3. The third-order valence-electron chi connectivity index (χ3n) is 3.82. The lowest BCUT2D eigenvalue weighted by Gasteiger charge is -2.35. The first-order valence-corrected chi connectivity index (χ1v) is 6.30. The standard InChI is InChI=1S/C13H13F4NO2/c1-5-8-9(10(14)11(15)12(8)19)7(4-18-5)20-6-2-13(16,17)3-6/h4,6,10-12,19H,2-3H2,1H3/t10-,11-,12+/m1/s1. The lowest BCUT2D eigenvalue weighted by atomic mass is 9.91. The number of aliphatic hydroxyl groups is 1. The van der Waals surface area contributed by atoms with Gasteiger partial charge < -0.3 is 9.84 Å². The fourth-order valence-corrected chi connectivity index (χ4v) is 2.72. The van der Waals surface area contributed by atoms with Crippen molar-refractivity contribution < 1.29 is 27.4 Å². The second-order valence-electron chi connectivity index (χ2n) is 5.33. The lowest BCUT2D eigenvalue weighted by Crippen LogP contribution is -2.43. The molecule has 7 heteroatoms. The Morgan fingerprint density at radius 2 is 1.95 bits per heavy atom. The van der Waals surface area contributed by atoms with Crippen molar-refractivity contribution in [3.05, 3.63) is 23.0 Å². The number of nitrogens with zero attached hydrogens (tertiary/aromatic N) is 1. The lowest BCUT2D eigenvalue weighted by molar-refractivity contribution is -0.134. The number of ether oxygens (including phenoxy) is 1. The number of alkyl halides is 4. The number of aliphatic hydroxyl groups excluding tert-OH is 1. The minimum atomic E-state index is -2.76. The molecule has 3 rings (SSSR count). The average molecular weight is 291 g/mol. The van der Waals surface area contributed by atoms with E-state index in [-0.39, 0.29) is 16.9 Å². The molecule has 0 aliphatic heterocycles. The molecule has 3 atom stereocenters. The van der Waals surface area contributed by atoms with Gasteiger partial charge in [-0.2, -0.15) is 0 Å². The highest BCUT2D eigenvalue weighted by Crippen LogP contribution is 2.49. The molecule has 2 aliphatic carbocycles. The van der Waals surface area contributed by atoms with Crippen LogP contribution in [0.3, 0.4) is 0 Å². The van der Waals surface area contributed by atoms with Gasteiger partial charge in [0, 0.05) is 29.7 Å². The van der Waals surface area contributed by atoms with Gasteiger partial charge in [0.15, 0.2) is 12.3 Å². The van der Waals surface area contributed by atoms with Crippen LogP contribution in [0.15, 0.2) is 6.20 Å². The summed E-state index contributed by atoms with van der Waals surface area (Å²) < 4.78 is 58.3. The molecule has 1 saturated carbocycles. The number of aromatic nitrogens is 1. The summed E-state index contributed by atoms with van der Waals surface area (Å²) in [6.45, 7) is 1.52. The Balaban J connectivity index is 1.91. The fourth-order valence-electron chi connectivity index (χ4n) is 2.72. The van der Waals surface area contributed by atoms with Gasteiger partial charge in [0.1, 0.15) is 18.0 Å². The molecule has 1 aromatic rings. The van der Waals surface area contributed by atoms with Crippen molar-refractivity contribution >= 4 is 0 Å². The SMILES string of the molecule is Cc1ncc(OC2CC(F)(F)C2)c2c1[C@H](O)[C@H](F)[C@@H]2F. The van der Waals surface area contributed by atoms with Crippen LogP contribution in [0.25, 0.3) is 0 Å². The Morgan fingerprint density at radius 1 is 1.30 bits per heavy atom. The number of rotatable bonds is 2.